The number of nitrogens with two attached hydrogens (primary N) is 1. The normalized spacial score (nSPS) is 13.3. The molecule has 0 bridgehead atoms. The quantitative estimate of drug-likeness (QED) is 0.314. The van der Waals surface area contributed by atoms with E-state index in [0.717, 1.165) is 6.42 Å². The van der Waals surface area contributed by atoms with Gasteiger partial charge in [0.1, 0.15) is 0 Å². The van der Waals surface area contributed by atoms with Crippen LogP contribution in [0.5, 0.6) is 0 Å². The Labute approximate surface area is 132 Å². The second kappa shape index (κ2) is 12.8. The van der Waals surface area contributed by atoms with E-state index < -0.39 is 18.4 Å². The molecule has 0 saturated carbocycles. The third-order valence-electron chi connectivity index (χ3n) is 4.29. The van der Waals surface area contributed by atoms with Crippen molar-refractivity contribution in [2.45, 2.75) is 86.0 Å². The number of rotatable bonds is 12. The zero-order valence-corrected chi connectivity index (χ0v) is 17.2. The van der Waals surface area contributed by atoms with Gasteiger partial charge >= 0.3 is 132 Å². The molecule has 0 radical (unpaired) electrons. The zero-order chi connectivity index (χ0) is 15.3. The molecule has 118 valence electrons. The molecule has 0 aromatic carbocycles. The number of unbranched alkanes of at least 4 members (excludes halogenated alkanes) is 3. The fourth-order valence-electron chi connectivity index (χ4n) is 2.84. The van der Waals surface area contributed by atoms with Crippen molar-refractivity contribution in [1.82, 2.24) is 0 Å². The van der Waals surface area contributed by atoms with Crippen molar-refractivity contribution in [2.75, 3.05) is 0 Å². The predicted molar refractivity (Wildman–Crippen MR) is 96.6 cm³/mol. The molecule has 0 atom stereocenters. The van der Waals surface area contributed by atoms with Crippen LogP contribution >= 0.6 is 0 Å². The van der Waals surface area contributed by atoms with E-state index in [2.05, 4.69) is 45.9 Å². The van der Waals surface area contributed by atoms with Crippen molar-refractivity contribution < 1.29 is 0 Å². The van der Waals surface area contributed by atoms with Crippen LogP contribution in [0.4, 0.5) is 0 Å². The molecule has 0 aliphatic rings. The summed E-state index contributed by atoms with van der Waals surface area (Å²) in [5.41, 5.74) is 6.62. The third kappa shape index (κ3) is 7.75. The second-order valence-corrected chi connectivity index (χ2v) is 19.3. The van der Waals surface area contributed by atoms with Crippen LogP contribution in [0.25, 0.3) is 0 Å². The first-order chi connectivity index (χ1) is 9.66. The molecule has 0 rings (SSSR count). The van der Waals surface area contributed by atoms with Gasteiger partial charge < -0.3 is 0 Å². The van der Waals surface area contributed by atoms with E-state index in [1.165, 1.54) is 55.5 Å². The summed E-state index contributed by atoms with van der Waals surface area (Å²) >= 11 is -2.28. The summed E-state index contributed by atoms with van der Waals surface area (Å²) in [7, 11) is 0. The van der Waals surface area contributed by atoms with Crippen LogP contribution in [0.1, 0.15) is 72.6 Å². The molecule has 0 saturated heterocycles. The van der Waals surface area contributed by atoms with Gasteiger partial charge in [0.25, 0.3) is 0 Å². The molecule has 0 heterocycles. The van der Waals surface area contributed by atoms with E-state index in [0.29, 0.717) is 0 Å². The van der Waals surface area contributed by atoms with E-state index in [1.807, 2.05) is 0 Å². The Kier molecular flexibility index (Phi) is 12.8. The van der Waals surface area contributed by atoms with Crippen LogP contribution < -0.4 is 5.73 Å². The second-order valence-electron chi connectivity index (χ2n) is 6.05. The minimum atomic E-state index is -2.28. The van der Waals surface area contributed by atoms with Crippen LogP contribution in [0, 0.1) is 0 Å². The van der Waals surface area contributed by atoms with Crippen molar-refractivity contribution in [2.24, 2.45) is 5.73 Å². The first kappa shape index (κ1) is 20.1. The summed E-state index contributed by atoms with van der Waals surface area (Å²) < 4.78 is 5.73. The Balaban J connectivity index is 5.09. The fourth-order valence-corrected chi connectivity index (χ4v) is 17.6. The molecule has 1 nitrogen and oxygen atoms in total. The van der Waals surface area contributed by atoms with E-state index in [4.69, 9.17) is 5.73 Å². The van der Waals surface area contributed by atoms with Crippen molar-refractivity contribution in [3.05, 3.63) is 21.9 Å². The van der Waals surface area contributed by atoms with Crippen molar-refractivity contribution in [1.29, 1.82) is 0 Å². The van der Waals surface area contributed by atoms with E-state index in [-0.39, 0.29) is 0 Å². The number of hydrogen-bond donors (Lipinski definition) is 1. The Hall–Kier alpha value is 0.0787. The summed E-state index contributed by atoms with van der Waals surface area (Å²) in [5.74, 6) is 0. The van der Waals surface area contributed by atoms with Gasteiger partial charge in [-0.25, -0.2) is 0 Å². The zero-order valence-electron chi connectivity index (χ0n) is 14.4. The van der Waals surface area contributed by atoms with Crippen molar-refractivity contribution >= 4 is 18.4 Å². The molecule has 0 fully saturated rings. The topological polar surface area (TPSA) is 26.0 Å². The Bertz CT molecular complexity index is 259. The van der Waals surface area contributed by atoms with Gasteiger partial charge in [-0.05, 0) is 0 Å². The maximum atomic E-state index is 6.62. The van der Waals surface area contributed by atoms with Gasteiger partial charge in [0.15, 0.2) is 0 Å². The molecular formula is C18H37NSn. The Morgan fingerprint density at radius 1 is 0.850 bits per heavy atom. The summed E-state index contributed by atoms with van der Waals surface area (Å²) in [6.07, 6.45) is 15.9. The van der Waals surface area contributed by atoms with Gasteiger partial charge in [0, 0.05) is 0 Å². The minimum absolute atomic E-state index is 1.10. The molecular weight excluding hydrogens is 349 g/mol. The molecule has 0 amide bonds. The van der Waals surface area contributed by atoms with Gasteiger partial charge in [0.2, 0.25) is 0 Å². The first-order valence-electron chi connectivity index (χ1n) is 8.79. The van der Waals surface area contributed by atoms with Crippen LogP contribution in [0.15, 0.2) is 21.9 Å². The summed E-state index contributed by atoms with van der Waals surface area (Å²) in [6.45, 7) is 9.12. The van der Waals surface area contributed by atoms with Crippen LogP contribution in [-0.2, 0) is 0 Å². The molecule has 2 N–H and O–H groups in total. The van der Waals surface area contributed by atoms with Gasteiger partial charge in [-0.15, -0.1) is 0 Å². The number of hydrogen-bond acceptors (Lipinski definition) is 1. The van der Waals surface area contributed by atoms with Gasteiger partial charge in [0.05, 0.1) is 0 Å². The fraction of sp³-hybridized carbons (Fsp3) is 0.778. The van der Waals surface area contributed by atoms with Crippen molar-refractivity contribution in [3.8, 4) is 0 Å². The third-order valence-corrected chi connectivity index (χ3v) is 19.5. The first-order valence-corrected chi connectivity index (χ1v) is 16.3. The molecule has 0 aromatic heterocycles. The summed E-state index contributed by atoms with van der Waals surface area (Å²) in [4.78, 5) is 0. The average Bonchev–Trinajstić information content (AvgIpc) is 2.47. The molecule has 0 spiro atoms. The SMILES string of the molecule is CC/C=C\C=[C](/N)[Sn]([CH2]CCC)([CH2]CCC)[CH2]CCC. The van der Waals surface area contributed by atoms with E-state index in [9.17, 15) is 0 Å². The van der Waals surface area contributed by atoms with Crippen LogP contribution in [0.2, 0.25) is 13.3 Å². The van der Waals surface area contributed by atoms with Gasteiger partial charge in [-0.3, -0.25) is 0 Å². The van der Waals surface area contributed by atoms with Gasteiger partial charge in [-0.2, -0.15) is 0 Å². The molecule has 0 unspecified atom stereocenters. The van der Waals surface area contributed by atoms with Crippen LogP contribution in [0.3, 0.4) is 0 Å². The Morgan fingerprint density at radius 3 is 1.65 bits per heavy atom. The summed E-state index contributed by atoms with van der Waals surface area (Å²) in [5, 5.41) is 0. The van der Waals surface area contributed by atoms with E-state index in [1.54, 1.807) is 0 Å². The monoisotopic (exact) mass is 387 g/mol. The van der Waals surface area contributed by atoms with Crippen molar-refractivity contribution in [3.63, 3.8) is 0 Å². The maximum absolute atomic E-state index is 6.62. The molecule has 20 heavy (non-hydrogen) atoms. The molecule has 0 aliphatic carbocycles. The predicted octanol–water partition coefficient (Wildman–Crippen LogP) is 6.18. The summed E-state index contributed by atoms with van der Waals surface area (Å²) in [6, 6.07) is 0. The molecule has 0 aromatic rings. The molecule has 0 aliphatic heterocycles. The average molecular weight is 386 g/mol. The molecule has 2 heteroatoms. The number of allylic oxidation sites excluding steroid dienone is 3. The van der Waals surface area contributed by atoms with E-state index >= 15 is 0 Å². The van der Waals surface area contributed by atoms with Gasteiger partial charge in [-0.1, -0.05) is 0 Å². The standard InChI is InChI=1S/C6H10N.3C4H9.Sn/c1-2-3-4-5-6-7;3*1-3-4-2;/h3-5H,2,7H2,1H3;3*1,3-4H2,2H3;/b4-3-,6-5?;;;;. The Morgan fingerprint density at radius 2 is 1.30 bits per heavy atom. The van der Waals surface area contributed by atoms with Crippen LogP contribution in [-0.4, -0.2) is 18.4 Å².